The maximum absolute atomic E-state index is 3.49. The van der Waals surface area contributed by atoms with E-state index >= 15 is 0 Å². The summed E-state index contributed by atoms with van der Waals surface area (Å²) in [7, 11) is 2.17. The summed E-state index contributed by atoms with van der Waals surface area (Å²) in [6.45, 7) is 7.26. The van der Waals surface area contributed by atoms with E-state index in [1.54, 1.807) is 0 Å². The van der Waals surface area contributed by atoms with Gasteiger partial charge in [-0.1, -0.05) is 55.0 Å². The maximum atomic E-state index is 3.49. The Kier molecular flexibility index (Phi) is 5.82. The number of rotatable bonds is 7. The molecule has 0 aliphatic carbocycles. The number of nitrogens with one attached hydrogen (secondary N) is 1. The molecule has 0 spiro atoms. The van der Waals surface area contributed by atoms with Gasteiger partial charge < -0.3 is 10.2 Å². The number of hydrogen-bond donors (Lipinski definition) is 1. The fraction of sp³-hybridized carbons (Fsp3) is 0.368. The monoisotopic (exact) mass is 282 g/mol. The summed E-state index contributed by atoms with van der Waals surface area (Å²) in [6.07, 6.45) is 1.17. The molecule has 0 aliphatic heterocycles. The summed E-state index contributed by atoms with van der Waals surface area (Å²) >= 11 is 0. The van der Waals surface area contributed by atoms with Crippen LogP contribution in [-0.2, 0) is 13.1 Å². The SMILES string of the molecule is CCCNCc1ccccc1N(C)Cc1ccc(C)cc1. The third-order valence-corrected chi connectivity index (χ3v) is 3.69. The molecular weight excluding hydrogens is 256 g/mol. The highest BCUT2D eigenvalue weighted by molar-refractivity contribution is 5.53. The molecule has 0 aliphatic rings. The fourth-order valence-corrected chi connectivity index (χ4v) is 2.49. The Bertz CT molecular complexity index is 546. The molecular formula is C19H26N2. The molecule has 2 aromatic carbocycles. The number of hydrogen-bond acceptors (Lipinski definition) is 2. The Hall–Kier alpha value is -1.80. The molecule has 0 atom stereocenters. The number of aryl methyl sites for hydroxylation is 1. The number of anilines is 1. The van der Waals surface area contributed by atoms with Gasteiger partial charge in [0.05, 0.1) is 0 Å². The first kappa shape index (κ1) is 15.6. The normalized spacial score (nSPS) is 10.6. The van der Waals surface area contributed by atoms with Crippen molar-refractivity contribution >= 4 is 5.69 Å². The summed E-state index contributed by atoms with van der Waals surface area (Å²) in [4.78, 5) is 2.33. The fourth-order valence-electron chi connectivity index (χ4n) is 2.49. The lowest BCUT2D eigenvalue weighted by atomic mass is 10.1. The average molecular weight is 282 g/mol. The van der Waals surface area contributed by atoms with Crippen LogP contribution in [0.1, 0.15) is 30.0 Å². The molecule has 2 nitrogen and oxygen atoms in total. The van der Waals surface area contributed by atoms with Gasteiger partial charge in [0.25, 0.3) is 0 Å². The summed E-state index contributed by atoms with van der Waals surface area (Å²) in [5, 5.41) is 3.49. The van der Waals surface area contributed by atoms with E-state index in [-0.39, 0.29) is 0 Å². The van der Waals surface area contributed by atoms with Gasteiger partial charge in [-0.05, 0) is 37.1 Å². The molecule has 2 heteroatoms. The van der Waals surface area contributed by atoms with Crippen LogP contribution in [0.2, 0.25) is 0 Å². The van der Waals surface area contributed by atoms with Gasteiger partial charge >= 0.3 is 0 Å². The van der Waals surface area contributed by atoms with E-state index in [2.05, 4.69) is 79.6 Å². The zero-order valence-corrected chi connectivity index (χ0v) is 13.4. The molecule has 0 saturated carbocycles. The van der Waals surface area contributed by atoms with Crippen molar-refractivity contribution in [2.75, 3.05) is 18.5 Å². The quantitative estimate of drug-likeness (QED) is 0.768. The van der Waals surface area contributed by atoms with E-state index < -0.39 is 0 Å². The molecule has 0 amide bonds. The Balaban J connectivity index is 2.07. The summed E-state index contributed by atoms with van der Waals surface area (Å²) in [5.74, 6) is 0. The van der Waals surface area contributed by atoms with Crippen molar-refractivity contribution in [1.29, 1.82) is 0 Å². The van der Waals surface area contributed by atoms with Gasteiger partial charge in [-0.15, -0.1) is 0 Å². The van der Waals surface area contributed by atoms with E-state index in [0.29, 0.717) is 0 Å². The molecule has 0 unspecified atom stereocenters. The molecule has 0 radical (unpaired) electrons. The first-order valence-electron chi connectivity index (χ1n) is 7.76. The van der Waals surface area contributed by atoms with Crippen LogP contribution in [0.15, 0.2) is 48.5 Å². The molecule has 1 N–H and O–H groups in total. The number of benzene rings is 2. The predicted molar refractivity (Wildman–Crippen MR) is 91.7 cm³/mol. The molecule has 21 heavy (non-hydrogen) atoms. The predicted octanol–water partition coefficient (Wildman–Crippen LogP) is 4.13. The van der Waals surface area contributed by atoms with Crippen LogP contribution in [0.25, 0.3) is 0 Å². The molecule has 0 bridgehead atoms. The zero-order chi connectivity index (χ0) is 15.1. The lowest BCUT2D eigenvalue weighted by Gasteiger charge is -2.23. The van der Waals surface area contributed by atoms with Crippen LogP contribution in [-0.4, -0.2) is 13.6 Å². The minimum absolute atomic E-state index is 0.933. The lowest BCUT2D eigenvalue weighted by molar-refractivity contribution is 0.673. The summed E-state index contributed by atoms with van der Waals surface area (Å²) < 4.78 is 0. The van der Waals surface area contributed by atoms with Gasteiger partial charge in [-0.25, -0.2) is 0 Å². The molecule has 112 valence electrons. The van der Waals surface area contributed by atoms with Crippen molar-refractivity contribution in [3.63, 3.8) is 0 Å². The van der Waals surface area contributed by atoms with Gasteiger partial charge in [-0.2, -0.15) is 0 Å². The second kappa shape index (κ2) is 7.84. The second-order valence-corrected chi connectivity index (χ2v) is 5.65. The van der Waals surface area contributed by atoms with Crippen molar-refractivity contribution in [3.8, 4) is 0 Å². The van der Waals surface area contributed by atoms with Gasteiger partial charge in [0.1, 0.15) is 0 Å². The Morgan fingerprint density at radius 3 is 2.43 bits per heavy atom. The topological polar surface area (TPSA) is 15.3 Å². The van der Waals surface area contributed by atoms with Gasteiger partial charge in [0.2, 0.25) is 0 Å². The van der Waals surface area contributed by atoms with Crippen molar-refractivity contribution in [3.05, 3.63) is 65.2 Å². The molecule has 0 aromatic heterocycles. The van der Waals surface area contributed by atoms with Crippen LogP contribution < -0.4 is 10.2 Å². The van der Waals surface area contributed by atoms with Crippen molar-refractivity contribution < 1.29 is 0 Å². The Labute approximate surface area is 128 Å². The van der Waals surface area contributed by atoms with Gasteiger partial charge in [0.15, 0.2) is 0 Å². The third-order valence-electron chi connectivity index (χ3n) is 3.69. The minimum atomic E-state index is 0.933. The van der Waals surface area contributed by atoms with Crippen LogP contribution in [0.5, 0.6) is 0 Å². The number of para-hydroxylation sites is 1. The molecule has 0 fully saturated rings. The first-order valence-corrected chi connectivity index (χ1v) is 7.76. The minimum Gasteiger partial charge on any atom is -0.370 e. The van der Waals surface area contributed by atoms with E-state index in [0.717, 1.165) is 19.6 Å². The highest BCUT2D eigenvalue weighted by atomic mass is 15.1. The standard InChI is InChI=1S/C19H26N2/c1-4-13-20-14-18-7-5-6-8-19(18)21(3)15-17-11-9-16(2)10-12-17/h5-12,20H,4,13-15H2,1-3H3. The molecule has 2 aromatic rings. The average Bonchev–Trinajstić information content (AvgIpc) is 2.50. The van der Waals surface area contributed by atoms with Gasteiger partial charge in [0, 0.05) is 25.8 Å². The van der Waals surface area contributed by atoms with E-state index in [1.807, 2.05) is 0 Å². The molecule has 0 saturated heterocycles. The van der Waals surface area contributed by atoms with Crippen LogP contribution in [0, 0.1) is 6.92 Å². The molecule has 2 rings (SSSR count). The van der Waals surface area contributed by atoms with E-state index in [4.69, 9.17) is 0 Å². The number of nitrogens with zero attached hydrogens (tertiary/aromatic N) is 1. The van der Waals surface area contributed by atoms with Crippen LogP contribution in [0.3, 0.4) is 0 Å². The van der Waals surface area contributed by atoms with Crippen LogP contribution >= 0.6 is 0 Å². The largest absolute Gasteiger partial charge is 0.370 e. The highest BCUT2D eigenvalue weighted by Gasteiger charge is 2.07. The maximum Gasteiger partial charge on any atom is 0.0426 e. The van der Waals surface area contributed by atoms with E-state index in [9.17, 15) is 0 Å². The summed E-state index contributed by atoms with van der Waals surface area (Å²) in [6, 6.07) is 17.4. The van der Waals surface area contributed by atoms with Crippen molar-refractivity contribution in [1.82, 2.24) is 5.32 Å². The van der Waals surface area contributed by atoms with Crippen molar-refractivity contribution in [2.45, 2.75) is 33.4 Å². The molecule has 0 heterocycles. The zero-order valence-electron chi connectivity index (χ0n) is 13.4. The lowest BCUT2D eigenvalue weighted by Crippen LogP contribution is -2.21. The Morgan fingerprint density at radius 2 is 1.71 bits per heavy atom. The third kappa shape index (κ3) is 4.61. The second-order valence-electron chi connectivity index (χ2n) is 5.65. The van der Waals surface area contributed by atoms with Crippen molar-refractivity contribution in [2.24, 2.45) is 0 Å². The smallest absolute Gasteiger partial charge is 0.0426 e. The van der Waals surface area contributed by atoms with Crippen LogP contribution in [0.4, 0.5) is 5.69 Å². The summed E-state index contributed by atoms with van der Waals surface area (Å²) in [5.41, 5.74) is 5.33. The van der Waals surface area contributed by atoms with E-state index in [1.165, 1.54) is 28.8 Å². The highest BCUT2D eigenvalue weighted by Crippen LogP contribution is 2.21. The van der Waals surface area contributed by atoms with Gasteiger partial charge in [-0.3, -0.25) is 0 Å². The Morgan fingerprint density at radius 1 is 1.00 bits per heavy atom. The first-order chi connectivity index (χ1) is 10.2.